The van der Waals surface area contributed by atoms with Crippen LogP contribution in [0.3, 0.4) is 0 Å². The second-order valence-corrected chi connectivity index (χ2v) is 6.23. The van der Waals surface area contributed by atoms with Crippen molar-refractivity contribution in [2.24, 2.45) is 0 Å². The maximum absolute atomic E-state index is 12.6. The van der Waals surface area contributed by atoms with Crippen LogP contribution in [-0.4, -0.2) is 23.0 Å². The van der Waals surface area contributed by atoms with Gasteiger partial charge in [0.25, 0.3) is 6.08 Å². The zero-order valence-electron chi connectivity index (χ0n) is 13.7. The van der Waals surface area contributed by atoms with Crippen molar-refractivity contribution in [2.45, 2.75) is 12.6 Å². The zero-order chi connectivity index (χ0) is 18.8. The number of thioether (sulfide) groups is 1. The van der Waals surface area contributed by atoms with E-state index < -0.39 is 18.2 Å². The van der Waals surface area contributed by atoms with E-state index in [2.05, 4.69) is 5.32 Å². The maximum Gasteiger partial charge on any atom is 0.407 e. The second kappa shape index (κ2) is 10.4. The number of carbonyl (C=O) groups excluding carboxylic acids is 2. The van der Waals surface area contributed by atoms with Crippen molar-refractivity contribution in [3.8, 4) is 0 Å². The molecule has 0 unspecified atom stereocenters. The van der Waals surface area contributed by atoms with E-state index in [-0.39, 0.29) is 17.5 Å². The van der Waals surface area contributed by atoms with E-state index in [1.807, 2.05) is 6.07 Å². The fraction of sp³-hybridized carbons (Fsp3) is 0.158. The topological polar surface area (TPSA) is 55.4 Å². The van der Waals surface area contributed by atoms with E-state index >= 15 is 0 Å². The first-order valence-electron chi connectivity index (χ1n) is 7.77. The molecule has 0 saturated heterocycles. The van der Waals surface area contributed by atoms with E-state index in [1.54, 1.807) is 54.6 Å². The third-order valence-electron chi connectivity index (χ3n) is 3.25. The van der Waals surface area contributed by atoms with Crippen molar-refractivity contribution < 1.29 is 23.1 Å². The van der Waals surface area contributed by atoms with Gasteiger partial charge < -0.3 is 10.1 Å². The lowest BCUT2D eigenvalue weighted by molar-refractivity contribution is 0.108. The van der Waals surface area contributed by atoms with Gasteiger partial charge in [-0.15, -0.1) is 0 Å². The van der Waals surface area contributed by atoms with Crippen molar-refractivity contribution in [1.29, 1.82) is 0 Å². The van der Waals surface area contributed by atoms with Gasteiger partial charge in [0.2, 0.25) is 5.12 Å². The number of amides is 1. The smallest absolute Gasteiger partial charge is 0.407 e. The van der Waals surface area contributed by atoms with E-state index in [0.717, 1.165) is 17.3 Å². The number of rotatable bonds is 7. The van der Waals surface area contributed by atoms with Crippen LogP contribution in [0.5, 0.6) is 0 Å². The highest BCUT2D eigenvalue weighted by atomic mass is 32.2. The van der Waals surface area contributed by atoms with Gasteiger partial charge in [-0.2, -0.15) is 8.78 Å². The van der Waals surface area contributed by atoms with Crippen LogP contribution in [0.1, 0.15) is 15.9 Å². The van der Waals surface area contributed by atoms with Gasteiger partial charge in [-0.25, -0.2) is 4.79 Å². The third-order valence-corrected chi connectivity index (χ3v) is 4.27. The minimum atomic E-state index is -1.94. The summed E-state index contributed by atoms with van der Waals surface area (Å²) in [4.78, 5) is 23.9. The zero-order valence-corrected chi connectivity index (χ0v) is 14.5. The molecule has 26 heavy (non-hydrogen) atoms. The first-order chi connectivity index (χ1) is 12.5. The Balaban J connectivity index is 1.87. The standard InChI is InChI=1S/C19H17F2NO3S/c20-17(21)11-16(13-26-18(23)15-9-5-2-6-10-15)22-19(24)25-12-14-7-3-1-4-8-14/h1-11,16H,12-13H2,(H,22,24)/t16-/m1/s1. The van der Waals surface area contributed by atoms with Crippen LogP contribution in [0.15, 0.2) is 72.8 Å². The highest BCUT2D eigenvalue weighted by Gasteiger charge is 2.16. The Labute approximate surface area is 154 Å². The Morgan fingerprint density at radius 1 is 1.04 bits per heavy atom. The highest BCUT2D eigenvalue weighted by molar-refractivity contribution is 8.14. The monoisotopic (exact) mass is 377 g/mol. The molecule has 0 fully saturated rings. The molecule has 0 heterocycles. The van der Waals surface area contributed by atoms with Crippen LogP contribution in [0.25, 0.3) is 0 Å². The maximum atomic E-state index is 12.6. The SMILES string of the molecule is O=C(N[C@H](C=C(F)F)CSC(=O)c1ccccc1)OCc1ccccc1. The Morgan fingerprint density at radius 2 is 1.65 bits per heavy atom. The molecule has 1 amide bonds. The molecule has 0 spiro atoms. The van der Waals surface area contributed by atoms with Crippen LogP contribution in [0.4, 0.5) is 13.6 Å². The number of benzene rings is 2. The van der Waals surface area contributed by atoms with Crippen LogP contribution >= 0.6 is 11.8 Å². The summed E-state index contributed by atoms with van der Waals surface area (Å²) < 4.78 is 30.2. The first kappa shape index (κ1) is 19.7. The fourth-order valence-electron chi connectivity index (χ4n) is 2.02. The minimum absolute atomic E-state index is 0.0251. The van der Waals surface area contributed by atoms with E-state index in [9.17, 15) is 18.4 Å². The quantitative estimate of drug-likeness (QED) is 0.764. The highest BCUT2D eigenvalue weighted by Crippen LogP contribution is 2.15. The molecule has 1 atom stereocenters. The molecule has 2 aromatic carbocycles. The van der Waals surface area contributed by atoms with Gasteiger partial charge >= 0.3 is 6.09 Å². The van der Waals surface area contributed by atoms with Gasteiger partial charge in [0.05, 0.1) is 6.04 Å². The fourth-order valence-corrected chi connectivity index (χ4v) is 2.84. The first-order valence-corrected chi connectivity index (χ1v) is 8.75. The predicted octanol–water partition coefficient (Wildman–Crippen LogP) is 4.64. The average Bonchev–Trinajstić information content (AvgIpc) is 2.65. The van der Waals surface area contributed by atoms with E-state index in [4.69, 9.17) is 4.74 Å². The molecule has 4 nitrogen and oxygen atoms in total. The molecule has 2 aromatic rings. The Hall–Kier alpha value is -2.67. The third kappa shape index (κ3) is 7.06. The molecule has 0 bridgehead atoms. The van der Waals surface area contributed by atoms with Crippen molar-refractivity contribution in [3.63, 3.8) is 0 Å². The summed E-state index contributed by atoms with van der Waals surface area (Å²) in [5.41, 5.74) is 1.24. The summed E-state index contributed by atoms with van der Waals surface area (Å²) >= 11 is 0.849. The normalized spacial score (nSPS) is 11.3. The van der Waals surface area contributed by atoms with Gasteiger partial charge in [-0.1, -0.05) is 72.4 Å². The molecule has 0 aliphatic carbocycles. The molecule has 136 valence electrons. The van der Waals surface area contributed by atoms with Crippen LogP contribution < -0.4 is 5.32 Å². The lowest BCUT2D eigenvalue weighted by Gasteiger charge is -2.14. The van der Waals surface area contributed by atoms with Gasteiger partial charge in [0.15, 0.2) is 0 Å². The lowest BCUT2D eigenvalue weighted by Crippen LogP contribution is -2.36. The Morgan fingerprint density at radius 3 is 2.27 bits per heavy atom. The summed E-state index contributed by atoms with van der Waals surface area (Å²) in [7, 11) is 0. The molecule has 1 N–H and O–H groups in total. The second-order valence-electron chi connectivity index (χ2n) is 5.23. The van der Waals surface area contributed by atoms with Gasteiger partial charge in [-0.3, -0.25) is 4.79 Å². The average molecular weight is 377 g/mol. The van der Waals surface area contributed by atoms with Crippen molar-refractivity contribution >= 4 is 23.0 Å². The molecule has 0 aromatic heterocycles. The number of halogens is 2. The number of alkyl carbamates (subject to hydrolysis) is 1. The molecule has 0 aliphatic heterocycles. The van der Waals surface area contributed by atoms with Crippen molar-refractivity contribution in [3.05, 3.63) is 83.9 Å². The largest absolute Gasteiger partial charge is 0.445 e. The summed E-state index contributed by atoms with van der Waals surface area (Å²) in [5.74, 6) is -0.0362. The van der Waals surface area contributed by atoms with Crippen molar-refractivity contribution in [2.75, 3.05) is 5.75 Å². The lowest BCUT2D eigenvalue weighted by atomic mass is 10.2. The summed E-state index contributed by atoms with van der Waals surface area (Å²) in [6, 6.07) is 16.4. The van der Waals surface area contributed by atoms with Crippen LogP contribution in [0.2, 0.25) is 0 Å². The van der Waals surface area contributed by atoms with Crippen LogP contribution in [-0.2, 0) is 11.3 Å². The number of carbonyl (C=O) groups is 2. The Kier molecular flexibility index (Phi) is 7.82. The minimum Gasteiger partial charge on any atom is -0.445 e. The van der Waals surface area contributed by atoms with E-state index in [0.29, 0.717) is 11.6 Å². The Bertz CT molecular complexity index is 750. The molecule has 0 saturated carbocycles. The molecule has 0 radical (unpaired) electrons. The molecular formula is C19H17F2NO3S. The molecular weight excluding hydrogens is 360 g/mol. The van der Waals surface area contributed by atoms with Gasteiger partial charge in [-0.05, 0) is 5.56 Å². The molecule has 2 rings (SSSR count). The molecule has 7 heteroatoms. The number of nitrogens with one attached hydrogen (secondary N) is 1. The van der Waals surface area contributed by atoms with E-state index in [1.165, 1.54) is 0 Å². The van der Waals surface area contributed by atoms with Gasteiger partial charge in [0.1, 0.15) is 6.61 Å². The summed E-state index contributed by atoms with van der Waals surface area (Å²) in [5, 5.41) is 2.07. The van der Waals surface area contributed by atoms with Gasteiger partial charge in [0, 0.05) is 17.4 Å². The number of hydrogen-bond acceptors (Lipinski definition) is 4. The number of ether oxygens (including phenoxy) is 1. The number of hydrogen-bond donors (Lipinski definition) is 1. The summed E-state index contributed by atoms with van der Waals surface area (Å²) in [6.45, 7) is 0.0251. The molecule has 0 aliphatic rings. The van der Waals surface area contributed by atoms with Crippen LogP contribution in [0, 0.1) is 0 Å². The van der Waals surface area contributed by atoms with Crippen molar-refractivity contribution in [1.82, 2.24) is 5.32 Å². The predicted molar refractivity (Wildman–Crippen MR) is 97.1 cm³/mol. The summed E-state index contributed by atoms with van der Waals surface area (Å²) in [6.07, 6.45) is -2.18.